The Balaban J connectivity index is 3.47. The van der Waals surface area contributed by atoms with E-state index in [9.17, 15) is 4.79 Å². The van der Waals surface area contributed by atoms with Crippen LogP contribution in [0.25, 0.3) is 0 Å². The Kier molecular flexibility index (Phi) is 5.19. The van der Waals surface area contributed by atoms with E-state index in [2.05, 4.69) is 27.7 Å². The summed E-state index contributed by atoms with van der Waals surface area (Å²) in [6, 6.07) is 0. The highest BCUT2D eigenvalue weighted by molar-refractivity contribution is 5.78. The molecule has 0 aromatic carbocycles. The summed E-state index contributed by atoms with van der Waals surface area (Å²) in [4.78, 5) is 11.3. The predicted molar refractivity (Wildman–Crippen MR) is 53.2 cm³/mol. The number of ketones is 1. The van der Waals surface area contributed by atoms with E-state index in [1.165, 1.54) is 12.8 Å². The zero-order valence-corrected chi connectivity index (χ0v) is 8.94. The molecule has 0 radical (unpaired) electrons. The number of unbranched alkanes of at least 4 members (excludes halogenated alkanes) is 2. The summed E-state index contributed by atoms with van der Waals surface area (Å²) < 4.78 is 0. The summed E-state index contributed by atoms with van der Waals surface area (Å²) >= 11 is 0. The van der Waals surface area contributed by atoms with Crippen molar-refractivity contribution in [3.8, 4) is 0 Å². The molecule has 0 aromatic heterocycles. The van der Waals surface area contributed by atoms with Crippen LogP contribution in [0.5, 0.6) is 0 Å². The molecular weight excluding hydrogens is 148 g/mol. The molecule has 0 saturated heterocycles. The number of hydrogen-bond donors (Lipinski definition) is 0. The van der Waals surface area contributed by atoms with Crippen LogP contribution < -0.4 is 0 Å². The third-order valence-corrected chi connectivity index (χ3v) is 1.79. The minimum Gasteiger partial charge on any atom is -0.300 e. The number of carbonyl (C=O) groups excluding carboxylic acids is 1. The average molecular weight is 170 g/mol. The Hall–Kier alpha value is -0.330. The van der Waals surface area contributed by atoms with E-state index in [0.29, 0.717) is 5.78 Å². The Morgan fingerprint density at radius 2 is 1.75 bits per heavy atom. The minimum absolute atomic E-state index is 0.170. The molecule has 0 fully saturated rings. The lowest BCUT2D eigenvalue weighted by Gasteiger charge is -2.16. The van der Waals surface area contributed by atoms with Gasteiger partial charge in [0.15, 0.2) is 0 Å². The van der Waals surface area contributed by atoms with E-state index in [0.717, 1.165) is 19.3 Å². The van der Waals surface area contributed by atoms with Crippen molar-refractivity contribution in [2.24, 2.45) is 5.41 Å². The summed E-state index contributed by atoms with van der Waals surface area (Å²) in [6.07, 6.45) is 4.98. The van der Waals surface area contributed by atoms with Crippen LogP contribution in [0.3, 0.4) is 0 Å². The maximum absolute atomic E-state index is 11.3. The number of Topliss-reactive ketones (excluding diaryl/α,β-unsaturated/α-hetero) is 1. The highest BCUT2D eigenvalue weighted by Gasteiger charge is 2.14. The van der Waals surface area contributed by atoms with Gasteiger partial charge in [0.2, 0.25) is 0 Å². The van der Waals surface area contributed by atoms with Gasteiger partial charge >= 0.3 is 0 Å². The maximum atomic E-state index is 11.3. The van der Waals surface area contributed by atoms with Crippen LogP contribution in [-0.2, 0) is 4.79 Å². The van der Waals surface area contributed by atoms with Crippen molar-refractivity contribution in [2.75, 3.05) is 0 Å². The van der Waals surface area contributed by atoms with Crippen LogP contribution in [0.1, 0.15) is 59.8 Å². The second-order valence-electron chi connectivity index (χ2n) is 4.73. The first-order valence-corrected chi connectivity index (χ1v) is 4.97. The van der Waals surface area contributed by atoms with Gasteiger partial charge in [-0.25, -0.2) is 0 Å². The van der Waals surface area contributed by atoms with E-state index in [1.54, 1.807) is 0 Å². The molecule has 0 aliphatic carbocycles. The van der Waals surface area contributed by atoms with Crippen LogP contribution in [-0.4, -0.2) is 5.78 Å². The molecule has 0 heterocycles. The molecule has 0 atom stereocenters. The van der Waals surface area contributed by atoms with Gasteiger partial charge in [-0.15, -0.1) is 0 Å². The van der Waals surface area contributed by atoms with Crippen LogP contribution in [0, 0.1) is 5.41 Å². The van der Waals surface area contributed by atoms with Gasteiger partial charge in [0.25, 0.3) is 0 Å². The van der Waals surface area contributed by atoms with Gasteiger partial charge in [0.05, 0.1) is 0 Å². The van der Waals surface area contributed by atoms with Crippen molar-refractivity contribution < 1.29 is 4.79 Å². The van der Waals surface area contributed by atoms with Crippen LogP contribution in [0.4, 0.5) is 0 Å². The van der Waals surface area contributed by atoms with Gasteiger partial charge in [-0.1, -0.05) is 40.5 Å². The van der Waals surface area contributed by atoms with E-state index in [1.807, 2.05) is 0 Å². The lowest BCUT2D eigenvalue weighted by Crippen LogP contribution is -2.12. The Bertz CT molecular complexity index is 130. The first-order valence-electron chi connectivity index (χ1n) is 4.97. The molecular formula is C11H22O. The molecule has 1 heteroatoms. The van der Waals surface area contributed by atoms with E-state index >= 15 is 0 Å². The molecule has 12 heavy (non-hydrogen) atoms. The average Bonchev–Trinajstić information content (AvgIpc) is 1.84. The molecule has 0 aliphatic rings. The molecule has 0 spiro atoms. The van der Waals surface area contributed by atoms with Crippen molar-refractivity contribution in [2.45, 2.75) is 59.8 Å². The van der Waals surface area contributed by atoms with Crippen molar-refractivity contribution in [3.63, 3.8) is 0 Å². The molecule has 0 N–H and O–H groups in total. The number of carbonyl (C=O) groups is 1. The standard InChI is InChI=1S/C11H22O/c1-5-6-7-8-10(12)9-11(2,3)4/h5-9H2,1-4H3. The van der Waals surface area contributed by atoms with Gasteiger partial charge < -0.3 is 0 Å². The monoisotopic (exact) mass is 170 g/mol. The van der Waals surface area contributed by atoms with E-state index in [-0.39, 0.29) is 5.41 Å². The maximum Gasteiger partial charge on any atom is 0.133 e. The highest BCUT2D eigenvalue weighted by Crippen LogP contribution is 2.20. The highest BCUT2D eigenvalue weighted by atomic mass is 16.1. The fourth-order valence-corrected chi connectivity index (χ4v) is 1.25. The fraction of sp³-hybridized carbons (Fsp3) is 0.909. The van der Waals surface area contributed by atoms with Gasteiger partial charge in [-0.3, -0.25) is 4.79 Å². The van der Waals surface area contributed by atoms with Crippen LogP contribution in [0.2, 0.25) is 0 Å². The van der Waals surface area contributed by atoms with Gasteiger partial charge in [0, 0.05) is 12.8 Å². The lowest BCUT2D eigenvalue weighted by molar-refractivity contribution is -0.120. The van der Waals surface area contributed by atoms with Crippen molar-refractivity contribution in [3.05, 3.63) is 0 Å². The molecule has 0 saturated carbocycles. The third kappa shape index (κ3) is 7.77. The first-order chi connectivity index (χ1) is 5.45. The normalized spacial score (nSPS) is 11.7. The number of rotatable bonds is 5. The molecule has 0 aliphatic heterocycles. The summed E-state index contributed by atoms with van der Waals surface area (Å²) in [5.41, 5.74) is 0.170. The second-order valence-corrected chi connectivity index (χ2v) is 4.73. The zero-order valence-electron chi connectivity index (χ0n) is 8.94. The molecule has 0 amide bonds. The largest absolute Gasteiger partial charge is 0.300 e. The Labute approximate surface area is 76.6 Å². The van der Waals surface area contributed by atoms with Crippen LogP contribution >= 0.6 is 0 Å². The van der Waals surface area contributed by atoms with Crippen molar-refractivity contribution >= 4 is 5.78 Å². The van der Waals surface area contributed by atoms with Gasteiger partial charge in [-0.05, 0) is 11.8 Å². The third-order valence-electron chi connectivity index (χ3n) is 1.79. The fourth-order valence-electron chi connectivity index (χ4n) is 1.25. The summed E-state index contributed by atoms with van der Waals surface area (Å²) in [5.74, 6) is 0.427. The van der Waals surface area contributed by atoms with Crippen molar-refractivity contribution in [1.29, 1.82) is 0 Å². The van der Waals surface area contributed by atoms with E-state index < -0.39 is 0 Å². The topological polar surface area (TPSA) is 17.1 Å². The van der Waals surface area contributed by atoms with Gasteiger partial charge in [-0.2, -0.15) is 0 Å². The molecule has 0 bridgehead atoms. The summed E-state index contributed by atoms with van der Waals surface area (Å²) in [6.45, 7) is 8.51. The zero-order chi connectivity index (χ0) is 9.61. The van der Waals surface area contributed by atoms with E-state index in [4.69, 9.17) is 0 Å². The molecule has 0 unspecified atom stereocenters. The smallest absolute Gasteiger partial charge is 0.133 e. The molecule has 1 nitrogen and oxygen atoms in total. The Morgan fingerprint density at radius 1 is 1.17 bits per heavy atom. The van der Waals surface area contributed by atoms with Crippen LogP contribution in [0.15, 0.2) is 0 Å². The molecule has 72 valence electrons. The number of hydrogen-bond acceptors (Lipinski definition) is 1. The Morgan fingerprint density at radius 3 is 2.17 bits per heavy atom. The van der Waals surface area contributed by atoms with Gasteiger partial charge in [0.1, 0.15) is 5.78 Å². The van der Waals surface area contributed by atoms with Crippen molar-refractivity contribution in [1.82, 2.24) is 0 Å². The molecule has 0 aromatic rings. The summed E-state index contributed by atoms with van der Waals surface area (Å²) in [7, 11) is 0. The minimum atomic E-state index is 0.170. The summed E-state index contributed by atoms with van der Waals surface area (Å²) in [5, 5.41) is 0. The quantitative estimate of drug-likeness (QED) is 0.576. The second kappa shape index (κ2) is 5.34. The first kappa shape index (κ1) is 11.7. The lowest BCUT2D eigenvalue weighted by atomic mass is 9.88. The SMILES string of the molecule is CCCCCC(=O)CC(C)(C)C. The predicted octanol–water partition coefficient (Wildman–Crippen LogP) is 3.57. The molecule has 0 rings (SSSR count).